The summed E-state index contributed by atoms with van der Waals surface area (Å²) >= 11 is 0. The Kier molecular flexibility index (Phi) is 7.45. The van der Waals surface area contributed by atoms with E-state index in [0.717, 1.165) is 0 Å². The lowest BCUT2D eigenvalue weighted by Crippen LogP contribution is -2.33. The summed E-state index contributed by atoms with van der Waals surface area (Å²) in [6.45, 7) is 4.01. The molecule has 0 spiro atoms. The molecule has 0 atom stereocenters. The molecule has 0 aliphatic heterocycles. The van der Waals surface area contributed by atoms with Crippen LogP contribution >= 0.6 is 0 Å². The summed E-state index contributed by atoms with van der Waals surface area (Å²) in [5, 5.41) is 28.3. The van der Waals surface area contributed by atoms with Gasteiger partial charge in [-0.3, -0.25) is 5.41 Å². The number of ether oxygens (including phenoxy) is 1. The van der Waals surface area contributed by atoms with Gasteiger partial charge in [0.2, 0.25) is 0 Å². The topological polar surface area (TPSA) is 146 Å². The molecule has 6 N–H and O–H groups in total. The summed E-state index contributed by atoms with van der Waals surface area (Å²) in [7, 11) is 0. The molecule has 136 valence electrons. The Hall–Kier alpha value is -3.03. The van der Waals surface area contributed by atoms with Crippen LogP contribution in [0.25, 0.3) is 0 Å². The Labute approximate surface area is 145 Å². The van der Waals surface area contributed by atoms with Crippen LogP contribution in [0.15, 0.2) is 35.4 Å². The zero-order chi connectivity index (χ0) is 19.0. The predicted octanol–water partition coefficient (Wildman–Crippen LogP) is 1.21. The monoisotopic (exact) mass is 349 g/mol. The first-order valence-corrected chi connectivity index (χ1v) is 7.71. The average molecular weight is 349 g/mol. The van der Waals surface area contributed by atoms with Crippen molar-refractivity contribution in [1.29, 1.82) is 5.41 Å². The largest absolute Gasteiger partial charge is 0.492 e. The number of carbonyl (C=O) groups is 2. The van der Waals surface area contributed by atoms with Crippen LogP contribution in [0, 0.1) is 11.3 Å². The maximum atomic E-state index is 11.5. The Morgan fingerprint density at radius 2 is 1.80 bits per heavy atom. The summed E-state index contributed by atoms with van der Waals surface area (Å²) in [4.78, 5) is 22.8. The van der Waals surface area contributed by atoms with Crippen molar-refractivity contribution in [1.82, 2.24) is 5.32 Å². The number of aliphatic carboxylic acids is 2. The maximum absolute atomic E-state index is 11.5. The number of rotatable bonds is 9. The number of hydrogen-bond donors (Lipinski definition) is 5. The Morgan fingerprint density at radius 1 is 1.20 bits per heavy atom. The third kappa shape index (κ3) is 6.54. The number of carboxylic acids is 2. The van der Waals surface area contributed by atoms with Gasteiger partial charge in [0.25, 0.3) is 0 Å². The van der Waals surface area contributed by atoms with Crippen LogP contribution < -0.4 is 15.8 Å². The van der Waals surface area contributed by atoms with Crippen LogP contribution in [-0.4, -0.2) is 41.3 Å². The molecule has 8 heteroatoms. The predicted molar refractivity (Wildman–Crippen MR) is 92.7 cm³/mol. The summed E-state index contributed by atoms with van der Waals surface area (Å²) in [5.74, 6) is -2.41. The molecule has 1 aromatic carbocycles. The van der Waals surface area contributed by atoms with Crippen molar-refractivity contribution in [2.75, 3.05) is 13.2 Å². The Morgan fingerprint density at radius 3 is 2.24 bits per heavy atom. The minimum Gasteiger partial charge on any atom is -0.492 e. The fourth-order valence-electron chi connectivity index (χ4n) is 2.27. The first-order valence-electron chi connectivity index (χ1n) is 7.71. The van der Waals surface area contributed by atoms with Gasteiger partial charge in [-0.25, -0.2) is 9.59 Å². The quantitative estimate of drug-likeness (QED) is 0.195. The molecule has 0 radical (unpaired) electrons. The first-order chi connectivity index (χ1) is 11.7. The van der Waals surface area contributed by atoms with Crippen LogP contribution in [-0.2, 0) is 16.0 Å². The molecule has 0 unspecified atom stereocenters. The Balaban J connectivity index is 2.84. The molecule has 8 nitrogen and oxygen atoms in total. The maximum Gasteiger partial charge on any atom is 0.332 e. The number of nitrogens with one attached hydrogen (secondary N) is 2. The highest BCUT2D eigenvalue weighted by Crippen LogP contribution is 2.21. The molecule has 0 bridgehead atoms. The van der Waals surface area contributed by atoms with Crippen molar-refractivity contribution >= 4 is 17.9 Å². The van der Waals surface area contributed by atoms with Crippen molar-refractivity contribution in [3.05, 3.63) is 41.0 Å². The van der Waals surface area contributed by atoms with E-state index in [1.54, 1.807) is 38.1 Å². The normalized spacial score (nSPS) is 11.6. The SMILES string of the molecule is CC(C)/C(C(=O)O)=C(\Cc1ccc(OCCNC(=N)N)cc1)C(=O)O. The van der Waals surface area contributed by atoms with Crippen LogP contribution in [0.3, 0.4) is 0 Å². The molecule has 0 fully saturated rings. The lowest BCUT2D eigenvalue weighted by atomic mass is 9.93. The molecule has 0 amide bonds. The number of guanidine groups is 1. The van der Waals surface area contributed by atoms with Gasteiger partial charge in [-0.2, -0.15) is 0 Å². The van der Waals surface area contributed by atoms with Crippen LogP contribution in [0.1, 0.15) is 19.4 Å². The van der Waals surface area contributed by atoms with Gasteiger partial charge in [0.1, 0.15) is 12.4 Å². The second kappa shape index (κ2) is 9.31. The highest BCUT2D eigenvalue weighted by Gasteiger charge is 2.23. The number of hydrogen-bond acceptors (Lipinski definition) is 4. The molecule has 0 aliphatic carbocycles. The highest BCUT2D eigenvalue weighted by molar-refractivity contribution is 5.99. The van der Waals surface area contributed by atoms with E-state index in [9.17, 15) is 19.8 Å². The lowest BCUT2D eigenvalue weighted by Gasteiger charge is -2.13. The van der Waals surface area contributed by atoms with Gasteiger partial charge in [0, 0.05) is 6.42 Å². The zero-order valence-electron chi connectivity index (χ0n) is 14.2. The van der Waals surface area contributed by atoms with Crippen LogP contribution in [0.2, 0.25) is 0 Å². The first kappa shape index (κ1) is 20.0. The standard InChI is InChI=1S/C17H23N3O5/c1-10(2)14(16(23)24)13(15(21)22)9-11-3-5-12(6-4-11)25-8-7-20-17(18)19/h3-6,10H,7-9H2,1-2H3,(H,21,22)(H,23,24)(H4,18,19,20)/b14-13-. The van der Waals surface area contributed by atoms with E-state index in [1.807, 2.05) is 0 Å². The Bertz CT molecular complexity index is 665. The smallest absolute Gasteiger partial charge is 0.332 e. The van der Waals surface area contributed by atoms with Crippen molar-refractivity contribution in [2.24, 2.45) is 11.7 Å². The summed E-state index contributed by atoms with van der Waals surface area (Å²) in [5.41, 5.74) is 5.61. The van der Waals surface area contributed by atoms with E-state index >= 15 is 0 Å². The zero-order valence-corrected chi connectivity index (χ0v) is 14.2. The van der Waals surface area contributed by atoms with Gasteiger partial charge >= 0.3 is 11.9 Å². The molecular formula is C17H23N3O5. The van der Waals surface area contributed by atoms with E-state index in [0.29, 0.717) is 24.5 Å². The molecule has 0 heterocycles. The molecule has 1 aromatic rings. The van der Waals surface area contributed by atoms with Crippen molar-refractivity contribution < 1.29 is 24.5 Å². The van der Waals surface area contributed by atoms with Crippen LogP contribution in [0.4, 0.5) is 0 Å². The van der Waals surface area contributed by atoms with Crippen molar-refractivity contribution in [2.45, 2.75) is 20.3 Å². The van der Waals surface area contributed by atoms with Gasteiger partial charge in [0.05, 0.1) is 17.7 Å². The second-order valence-electron chi connectivity index (χ2n) is 5.67. The molecule has 0 aromatic heterocycles. The third-order valence-corrected chi connectivity index (χ3v) is 3.38. The van der Waals surface area contributed by atoms with E-state index < -0.39 is 17.9 Å². The molecule has 25 heavy (non-hydrogen) atoms. The fraction of sp³-hybridized carbons (Fsp3) is 0.353. The van der Waals surface area contributed by atoms with Crippen molar-refractivity contribution in [3.8, 4) is 5.75 Å². The van der Waals surface area contributed by atoms with Gasteiger partial charge < -0.3 is 26.0 Å². The van der Waals surface area contributed by atoms with Gasteiger partial charge in [-0.1, -0.05) is 26.0 Å². The van der Waals surface area contributed by atoms with Gasteiger partial charge in [-0.05, 0) is 23.6 Å². The molecular weight excluding hydrogens is 326 g/mol. The van der Waals surface area contributed by atoms with Gasteiger partial charge in [-0.15, -0.1) is 0 Å². The molecule has 1 rings (SSSR count). The fourth-order valence-corrected chi connectivity index (χ4v) is 2.27. The van der Waals surface area contributed by atoms with Crippen LogP contribution in [0.5, 0.6) is 5.75 Å². The van der Waals surface area contributed by atoms with E-state index in [2.05, 4.69) is 5.32 Å². The van der Waals surface area contributed by atoms with E-state index in [4.69, 9.17) is 15.9 Å². The number of carboxylic acid groups (broad SMARTS) is 2. The van der Waals surface area contributed by atoms with E-state index in [-0.39, 0.29) is 23.5 Å². The summed E-state index contributed by atoms with van der Waals surface area (Å²) in [6, 6.07) is 6.74. The minimum atomic E-state index is -1.23. The summed E-state index contributed by atoms with van der Waals surface area (Å²) in [6.07, 6.45) is 0.0152. The molecule has 0 saturated heterocycles. The minimum absolute atomic E-state index is 0.0152. The average Bonchev–Trinajstić information content (AvgIpc) is 2.51. The lowest BCUT2D eigenvalue weighted by molar-refractivity contribution is -0.136. The second-order valence-corrected chi connectivity index (χ2v) is 5.67. The molecule has 0 saturated carbocycles. The van der Waals surface area contributed by atoms with Crippen molar-refractivity contribution in [3.63, 3.8) is 0 Å². The number of benzene rings is 1. The molecule has 0 aliphatic rings. The third-order valence-electron chi connectivity index (χ3n) is 3.38. The van der Waals surface area contributed by atoms with E-state index in [1.165, 1.54) is 0 Å². The number of nitrogens with two attached hydrogens (primary N) is 1. The summed E-state index contributed by atoms with van der Waals surface area (Å²) < 4.78 is 5.45. The van der Waals surface area contributed by atoms with Gasteiger partial charge in [0.15, 0.2) is 5.96 Å². The highest BCUT2D eigenvalue weighted by atomic mass is 16.5.